The molecule has 4 aromatic rings. The Labute approximate surface area is 206 Å². The summed E-state index contributed by atoms with van der Waals surface area (Å²) in [6.07, 6.45) is -1.45. The largest absolute Gasteiger partial charge is 0.432 e. The first-order chi connectivity index (χ1) is 17.2. The topological polar surface area (TPSA) is 126 Å². The molecule has 3 N–H and O–H groups in total. The fourth-order valence-corrected chi connectivity index (χ4v) is 3.54. The molecule has 1 amide bonds. The average Bonchev–Trinajstić information content (AvgIpc) is 3.32. The van der Waals surface area contributed by atoms with Crippen molar-refractivity contribution in [2.45, 2.75) is 6.18 Å². The summed E-state index contributed by atoms with van der Waals surface area (Å²) in [4.78, 5) is 28.8. The zero-order valence-electron chi connectivity index (χ0n) is 18.0. The molecule has 0 atom stereocenters. The molecule has 2 aromatic carbocycles. The van der Waals surface area contributed by atoms with Gasteiger partial charge in [0, 0.05) is 29.2 Å². The van der Waals surface area contributed by atoms with Crippen LogP contribution in [0, 0.1) is 5.41 Å². The SMILES string of the molecule is N=C/C(C(=O)Nc1ccc(-n2ncc(C=O)n2)c(Cl)c1)=C(\Nc1cccc2ncccc12)C(F)(F)F. The van der Waals surface area contributed by atoms with Gasteiger partial charge in [0.15, 0.2) is 6.29 Å². The highest BCUT2D eigenvalue weighted by Crippen LogP contribution is 2.32. The number of aromatic nitrogens is 4. The molecule has 0 unspecified atom stereocenters. The molecule has 0 spiro atoms. The van der Waals surface area contributed by atoms with Crippen LogP contribution in [0.25, 0.3) is 16.6 Å². The number of benzene rings is 2. The lowest BCUT2D eigenvalue weighted by Crippen LogP contribution is -2.27. The summed E-state index contributed by atoms with van der Waals surface area (Å²) >= 11 is 6.22. The molecule has 0 saturated heterocycles. The first kappa shape index (κ1) is 24.5. The highest BCUT2D eigenvalue weighted by atomic mass is 35.5. The number of nitrogens with one attached hydrogen (secondary N) is 3. The van der Waals surface area contributed by atoms with Crippen LogP contribution < -0.4 is 10.6 Å². The third-order valence-electron chi connectivity index (χ3n) is 4.90. The molecule has 0 bridgehead atoms. The Kier molecular flexibility index (Phi) is 6.79. The van der Waals surface area contributed by atoms with Gasteiger partial charge in [-0.25, -0.2) is 0 Å². The summed E-state index contributed by atoms with van der Waals surface area (Å²) in [5.41, 5.74) is -1.46. The standard InChI is InChI=1S/C23H15ClF3N7O2/c24-17-9-13(6-7-20(17)34-30-11-14(12-35)33-34)31-22(36)16(10-28)21(23(25,26)27)32-19-5-1-4-18-15(19)3-2-8-29-18/h1-12,28,32H,(H,31,36)/b21-16+,28-10?. The fourth-order valence-electron chi connectivity index (χ4n) is 3.28. The molecule has 0 aliphatic carbocycles. The lowest BCUT2D eigenvalue weighted by molar-refractivity contribution is -0.114. The normalized spacial score (nSPS) is 12.1. The molecule has 2 aromatic heterocycles. The summed E-state index contributed by atoms with van der Waals surface area (Å²) < 4.78 is 42.0. The highest BCUT2D eigenvalue weighted by molar-refractivity contribution is 6.32. The van der Waals surface area contributed by atoms with Crippen LogP contribution in [0.4, 0.5) is 24.5 Å². The summed E-state index contributed by atoms with van der Waals surface area (Å²) in [7, 11) is 0. The van der Waals surface area contributed by atoms with Gasteiger partial charge in [0.25, 0.3) is 5.91 Å². The molecular weight excluding hydrogens is 499 g/mol. The van der Waals surface area contributed by atoms with Gasteiger partial charge in [-0.15, -0.1) is 9.90 Å². The number of alkyl halides is 3. The minimum absolute atomic E-state index is 0.0543. The van der Waals surface area contributed by atoms with E-state index in [0.717, 1.165) is 4.80 Å². The number of pyridine rings is 1. The third kappa shape index (κ3) is 5.08. The quantitative estimate of drug-likeness (QED) is 0.185. The highest BCUT2D eigenvalue weighted by Gasteiger charge is 2.38. The number of hydrogen-bond acceptors (Lipinski definition) is 7. The number of carbonyl (C=O) groups is 2. The molecule has 4 rings (SSSR count). The molecule has 2 heterocycles. The minimum atomic E-state index is -4.99. The van der Waals surface area contributed by atoms with E-state index in [9.17, 15) is 22.8 Å². The Hall–Kier alpha value is -4.58. The predicted octanol–water partition coefficient (Wildman–Crippen LogP) is 4.80. The summed E-state index contributed by atoms with van der Waals surface area (Å²) in [5.74, 6) is -1.19. The van der Waals surface area contributed by atoms with Crippen molar-refractivity contribution in [2.24, 2.45) is 0 Å². The lowest BCUT2D eigenvalue weighted by Gasteiger charge is -2.18. The van der Waals surface area contributed by atoms with Gasteiger partial charge in [-0.3, -0.25) is 14.6 Å². The van der Waals surface area contributed by atoms with E-state index in [1.54, 1.807) is 18.2 Å². The van der Waals surface area contributed by atoms with Crippen LogP contribution in [0.15, 0.2) is 72.2 Å². The average molecular weight is 514 g/mol. The number of fused-ring (bicyclic) bond motifs is 1. The summed E-state index contributed by atoms with van der Waals surface area (Å²) in [5, 5.41) is 20.3. The van der Waals surface area contributed by atoms with Crippen molar-refractivity contribution in [3.8, 4) is 5.69 Å². The Morgan fingerprint density at radius 2 is 1.92 bits per heavy atom. The van der Waals surface area contributed by atoms with E-state index in [-0.39, 0.29) is 27.8 Å². The number of hydrogen-bond donors (Lipinski definition) is 3. The summed E-state index contributed by atoms with van der Waals surface area (Å²) in [6.45, 7) is 0. The number of rotatable bonds is 7. The van der Waals surface area contributed by atoms with E-state index in [1.807, 2.05) is 0 Å². The Morgan fingerprint density at radius 1 is 1.11 bits per heavy atom. The van der Waals surface area contributed by atoms with Crippen LogP contribution >= 0.6 is 11.6 Å². The van der Waals surface area contributed by atoms with Gasteiger partial charge >= 0.3 is 6.18 Å². The number of aldehydes is 1. The van der Waals surface area contributed by atoms with Gasteiger partial charge in [-0.2, -0.15) is 18.3 Å². The minimum Gasteiger partial charge on any atom is -0.350 e. The number of nitrogens with zero attached hydrogens (tertiary/aromatic N) is 4. The first-order valence-electron chi connectivity index (χ1n) is 10.1. The van der Waals surface area contributed by atoms with E-state index in [2.05, 4.69) is 25.8 Å². The van der Waals surface area contributed by atoms with Crippen LogP contribution in [0.2, 0.25) is 5.02 Å². The van der Waals surface area contributed by atoms with E-state index in [1.165, 1.54) is 42.7 Å². The van der Waals surface area contributed by atoms with E-state index in [0.29, 0.717) is 23.4 Å². The second-order valence-electron chi connectivity index (χ2n) is 7.23. The van der Waals surface area contributed by atoms with Crippen LogP contribution in [-0.2, 0) is 4.79 Å². The Balaban J connectivity index is 1.66. The van der Waals surface area contributed by atoms with Gasteiger partial charge in [0.2, 0.25) is 0 Å². The van der Waals surface area contributed by atoms with Crippen molar-refractivity contribution in [2.75, 3.05) is 10.6 Å². The molecule has 0 aliphatic heterocycles. The van der Waals surface area contributed by atoms with E-state index < -0.39 is 23.4 Å². The number of amides is 1. The molecule has 36 heavy (non-hydrogen) atoms. The smallest absolute Gasteiger partial charge is 0.350 e. The van der Waals surface area contributed by atoms with Gasteiger partial charge in [0.05, 0.1) is 22.3 Å². The number of halogens is 4. The maximum Gasteiger partial charge on any atom is 0.432 e. The van der Waals surface area contributed by atoms with Crippen LogP contribution in [0.3, 0.4) is 0 Å². The predicted molar refractivity (Wildman–Crippen MR) is 128 cm³/mol. The first-order valence-corrected chi connectivity index (χ1v) is 10.5. The lowest BCUT2D eigenvalue weighted by atomic mass is 10.1. The van der Waals surface area contributed by atoms with Crippen molar-refractivity contribution >= 4 is 52.3 Å². The van der Waals surface area contributed by atoms with Crippen molar-refractivity contribution in [3.63, 3.8) is 0 Å². The third-order valence-corrected chi connectivity index (χ3v) is 5.20. The summed E-state index contributed by atoms with van der Waals surface area (Å²) in [6, 6.07) is 11.8. The second-order valence-corrected chi connectivity index (χ2v) is 7.64. The Bertz CT molecular complexity index is 1510. The van der Waals surface area contributed by atoms with Crippen LogP contribution in [-0.4, -0.2) is 44.6 Å². The number of anilines is 2. The van der Waals surface area contributed by atoms with Crippen LogP contribution in [0.1, 0.15) is 10.5 Å². The molecule has 13 heteroatoms. The van der Waals surface area contributed by atoms with Gasteiger partial charge in [-0.05, 0) is 42.5 Å². The molecule has 0 radical (unpaired) electrons. The maximum atomic E-state index is 14.0. The van der Waals surface area contributed by atoms with Crippen molar-refractivity contribution in [1.82, 2.24) is 20.0 Å². The van der Waals surface area contributed by atoms with Gasteiger partial charge in [-0.1, -0.05) is 17.7 Å². The fraction of sp³-hybridized carbons (Fsp3) is 0.0435. The van der Waals surface area contributed by atoms with E-state index >= 15 is 0 Å². The van der Waals surface area contributed by atoms with Crippen molar-refractivity contribution < 1.29 is 22.8 Å². The molecule has 9 nitrogen and oxygen atoms in total. The molecule has 0 fully saturated rings. The molecule has 0 saturated carbocycles. The van der Waals surface area contributed by atoms with Gasteiger partial charge < -0.3 is 16.0 Å². The van der Waals surface area contributed by atoms with Crippen molar-refractivity contribution in [3.05, 3.63) is 82.9 Å². The van der Waals surface area contributed by atoms with Crippen molar-refractivity contribution in [1.29, 1.82) is 5.41 Å². The molecule has 182 valence electrons. The molecular formula is C23H15ClF3N7O2. The van der Waals surface area contributed by atoms with Crippen LogP contribution in [0.5, 0.6) is 0 Å². The monoisotopic (exact) mass is 513 g/mol. The van der Waals surface area contributed by atoms with Gasteiger partial charge in [0.1, 0.15) is 17.1 Å². The number of allylic oxidation sites excluding steroid dienone is 1. The maximum absolute atomic E-state index is 14.0. The Morgan fingerprint density at radius 3 is 2.58 bits per heavy atom. The zero-order chi connectivity index (χ0) is 25.9. The molecule has 0 aliphatic rings. The van der Waals surface area contributed by atoms with E-state index in [4.69, 9.17) is 17.0 Å². The zero-order valence-corrected chi connectivity index (χ0v) is 18.8. The second kappa shape index (κ2) is 9.96. The number of carbonyl (C=O) groups excluding carboxylic acids is 2.